The lowest BCUT2D eigenvalue weighted by Gasteiger charge is -2.07. The van der Waals surface area contributed by atoms with Gasteiger partial charge in [-0.3, -0.25) is 0 Å². The van der Waals surface area contributed by atoms with E-state index in [-0.39, 0.29) is 18.2 Å². The second-order valence-electron chi connectivity index (χ2n) is 2.29. The number of nitrogens with two attached hydrogens (primary N) is 1. The molecule has 3 N–H and O–H groups in total. The normalized spacial score (nSPS) is 9.62. The Morgan fingerprint density at radius 1 is 1.69 bits per heavy atom. The summed E-state index contributed by atoms with van der Waals surface area (Å²) in [5, 5.41) is 8.55. The molecule has 0 fully saturated rings. The minimum atomic E-state index is -0.0499. The maximum Gasteiger partial charge on any atom is 0.148 e. The Bertz CT molecular complexity index is 304. The first-order valence-corrected chi connectivity index (χ1v) is 4.15. The highest BCUT2D eigenvalue weighted by Crippen LogP contribution is 2.14. The zero-order valence-electron chi connectivity index (χ0n) is 6.93. The summed E-state index contributed by atoms with van der Waals surface area (Å²) in [6, 6.07) is 3.42. The predicted octanol–water partition coefficient (Wildman–Crippen LogP) is 0.0869. The number of rotatable bonds is 4. The molecular weight excluding hydrogens is 188 g/mol. The van der Waals surface area contributed by atoms with E-state index in [9.17, 15) is 0 Å². The highest BCUT2D eigenvalue weighted by molar-refractivity contribution is 7.80. The van der Waals surface area contributed by atoms with Crippen LogP contribution in [0.3, 0.4) is 0 Å². The Morgan fingerprint density at radius 2 is 2.46 bits per heavy atom. The molecule has 1 rings (SSSR count). The summed E-state index contributed by atoms with van der Waals surface area (Å²) in [7, 11) is 0. The molecule has 4 nitrogen and oxygen atoms in total. The van der Waals surface area contributed by atoms with Crippen molar-refractivity contribution in [3.05, 3.63) is 24.0 Å². The third-order valence-corrected chi connectivity index (χ3v) is 1.55. The number of aliphatic hydroxyl groups excluding tert-OH is 1. The Hall–Kier alpha value is -1.20. The first-order valence-electron chi connectivity index (χ1n) is 3.74. The van der Waals surface area contributed by atoms with E-state index in [1.807, 2.05) is 0 Å². The number of aliphatic hydroxyl groups is 1. The van der Waals surface area contributed by atoms with Crippen LogP contribution in [0.25, 0.3) is 0 Å². The summed E-state index contributed by atoms with van der Waals surface area (Å²) in [5.41, 5.74) is 5.86. The van der Waals surface area contributed by atoms with E-state index in [1.165, 1.54) is 0 Å². The molecule has 70 valence electrons. The van der Waals surface area contributed by atoms with E-state index in [2.05, 4.69) is 4.98 Å². The molecule has 0 saturated heterocycles. The molecule has 5 heteroatoms. The van der Waals surface area contributed by atoms with Crippen LogP contribution in [-0.2, 0) is 0 Å². The lowest BCUT2D eigenvalue weighted by Crippen LogP contribution is -2.14. The average Bonchev–Trinajstić information content (AvgIpc) is 2.15. The molecule has 0 atom stereocenters. The zero-order chi connectivity index (χ0) is 9.68. The SMILES string of the molecule is NC(=S)c1ncccc1OCCO. The number of aromatic nitrogens is 1. The number of hydrogen-bond acceptors (Lipinski definition) is 4. The first kappa shape index (κ1) is 9.88. The van der Waals surface area contributed by atoms with Gasteiger partial charge in [-0.2, -0.15) is 0 Å². The minimum Gasteiger partial charge on any atom is -0.489 e. The molecule has 0 aromatic carbocycles. The monoisotopic (exact) mass is 198 g/mol. The van der Waals surface area contributed by atoms with E-state index in [0.717, 1.165) is 0 Å². The summed E-state index contributed by atoms with van der Waals surface area (Å²) in [4.78, 5) is 4.15. The standard InChI is InChI=1S/C8H10N2O2S/c9-8(13)7-6(12-5-4-11)2-1-3-10-7/h1-3,11H,4-5H2,(H2,9,13). The van der Waals surface area contributed by atoms with Gasteiger partial charge in [0, 0.05) is 6.20 Å². The molecule has 0 unspecified atom stereocenters. The lowest BCUT2D eigenvalue weighted by atomic mass is 10.3. The molecule has 0 aliphatic rings. The van der Waals surface area contributed by atoms with Crippen LogP contribution in [0.1, 0.15) is 5.69 Å². The number of ether oxygens (including phenoxy) is 1. The first-order chi connectivity index (χ1) is 6.25. The molecule has 0 radical (unpaired) electrons. The Kier molecular flexibility index (Phi) is 3.60. The summed E-state index contributed by atoms with van der Waals surface area (Å²) in [5.74, 6) is 0.504. The molecule has 0 aliphatic carbocycles. The predicted molar refractivity (Wildman–Crippen MR) is 52.7 cm³/mol. The number of pyridine rings is 1. The molecule has 0 bridgehead atoms. The van der Waals surface area contributed by atoms with E-state index in [1.54, 1.807) is 18.3 Å². The van der Waals surface area contributed by atoms with Crippen LogP contribution >= 0.6 is 12.2 Å². The van der Waals surface area contributed by atoms with Gasteiger partial charge in [-0.25, -0.2) is 4.98 Å². The maximum absolute atomic E-state index is 8.55. The molecule has 0 spiro atoms. The van der Waals surface area contributed by atoms with Gasteiger partial charge in [0.05, 0.1) is 6.61 Å². The summed E-state index contributed by atoms with van der Waals surface area (Å²) in [6.45, 7) is 0.160. The zero-order valence-corrected chi connectivity index (χ0v) is 7.75. The van der Waals surface area contributed by atoms with Crippen molar-refractivity contribution in [2.24, 2.45) is 5.73 Å². The second-order valence-corrected chi connectivity index (χ2v) is 2.73. The van der Waals surface area contributed by atoms with Gasteiger partial charge in [-0.1, -0.05) is 12.2 Å². The van der Waals surface area contributed by atoms with E-state index >= 15 is 0 Å². The fourth-order valence-corrected chi connectivity index (χ4v) is 1.00. The van der Waals surface area contributed by atoms with Crippen molar-refractivity contribution >= 4 is 17.2 Å². The summed E-state index contributed by atoms with van der Waals surface area (Å²) >= 11 is 4.77. The van der Waals surface area contributed by atoms with Gasteiger partial charge in [0.1, 0.15) is 23.0 Å². The average molecular weight is 198 g/mol. The fraction of sp³-hybridized carbons (Fsp3) is 0.250. The van der Waals surface area contributed by atoms with Gasteiger partial charge in [-0.15, -0.1) is 0 Å². The van der Waals surface area contributed by atoms with Crippen LogP contribution < -0.4 is 10.5 Å². The Balaban J connectivity index is 2.84. The number of hydrogen-bond donors (Lipinski definition) is 2. The molecule has 1 heterocycles. The van der Waals surface area contributed by atoms with E-state index < -0.39 is 0 Å². The number of nitrogens with zero attached hydrogens (tertiary/aromatic N) is 1. The molecule has 1 aromatic heterocycles. The number of thiocarbonyl (C=S) groups is 1. The smallest absolute Gasteiger partial charge is 0.148 e. The molecular formula is C8H10N2O2S. The van der Waals surface area contributed by atoms with Crippen molar-refractivity contribution in [3.63, 3.8) is 0 Å². The summed E-state index contributed by atoms with van der Waals surface area (Å²) in [6.07, 6.45) is 1.58. The van der Waals surface area contributed by atoms with Crippen molar-refractivity contribution in [3.8, 4) is 5.75 Å². The van der Waals surface area contributed by atoms with Gasteiger partial charge in [0.25, 0.3) is 0 Å². The Morgan fingerprint density at radius 3 is 3.08 bits per heavy atom. The van der Waals surface area contributed by atoms with E-state index in [4.69, 9.17) is 27.8 Å². The van der Waals surface area contributed by atoms with Gasteiger partial charge in [0.15, 0.2) is 0 Å². The largest absolute Gasteiger partial charge is 0.489 e. The van der Waals surface area contributed by atoms with Crippen LogP contribution in [0.4, 0.5) is 0 Å². The minimum absolute atomic E-state index is 0.0499. The maximum atomic E-state index is 8.55. The fourth-order valence-electron chi connectivity index (χ4n) is 0.848. The lowest BCUT2D eigenvalue weighted by molar-refractivity contribution is 0.201. The molecule has 0 saturated carbocycles. The van der Waals surface area contributed by atoms with Crippen molar-refractivity contribution < 1.29 is 9.84 Å². The highest BCUT2D eigenvalue weighted by Gasteiger charge is 2.05. The van der Waals surface area contributed by atoms with Gasteiger partial charge < -0.3 is 15.6 Å². The molecule has 13 heavy (non-hydrogen) atoms. The molecule has 0 amide bonds. The van der Waals surface area contributed by atoms with Crippen molar-refractivity contribution in [2.75, 3.05) is 13.2 Å². The third-order valence-electron chi connectivity index (χ3n) is 1.35. The quantitative estimate of drug-likeness (QED) is 0.671. The second kappa shape index (κ2) is 4.74. The van der Waals surface area contributed by atoms with Crippen molar-refractivity contribution in [2.45, 2.75) is 0 Å². The third kappa shape index (κ3) is 2.64. The molecule has 1 aromatic rings. The van der Waals surface area contributed by atoms with Crippen LogP contribution in [0.2, 0.25) is 0 Å². The van der Waals surface area contributed by atoms with Crippen molar-refractivity contribution in [1.29, 1.82) is 0 Å². The topological polar surface area (TPSA) is 68.4 Å². The van der Waals surface area contributed by atoms with Crippen LogP contribution in [-0.4, -0.2) is 28.3 Å². The van der Waals surface area contributed by atoms with Crippen LogP contribution in [0.15, 0.2) is 18.3 Å². The Labute approximate surface area is 81.4 Å². The van der Waals surface area contributed by atoms with Crippen LogP contribution in [0.5, 0.6) is 5.75 Å². The van der Waals surface area contributed by atoms with Gasteiger partial charge >= 0.3 is 0 Å². The highest BCUT2D eigenvalue weighted by atomic mass is 32.1. The molecule has 0 aliphatic heterocycles. The van der Waals surface area contributed by atoms with Crippen LogP contribution in [0, 0.1) is 0 Å². The summed E-state index contributed by atoms with van der Waals surface area (Å²) < 4.78 is 5.17. The van der Waals surface area contributed by atoms with Gasteiger partial charge in [-0.05, 0) is 12.1 Å². The van der Waals surface area contributed by atoms with Gasteiger partial charge in [0.2, 0.25) is 0 Å². The van der Waals surface area contributed by atoms with Crippen molar-refractivity contribution in [1.82, 2.24) is 4.98 Å². The van der Waals surface area contributed by atoms with E-state index in [0.29, 0.717) is 11.4 Å².